The van der Waals surface area contributed by atoms with Gasteiger partial charge < -0.3 is 4.90 Å². The molecule has 0 aromatic rings. The molecule has 17 heavy (non-hydrogen) atoms. The summed E-state index contributed by atoms with van der Waals surface area (Å²) in [4.78, 5) is 13.9. The number of hydrogen-bond acceptors (Lipinski definition) is 3. The molecule has 0 aromatic heterocycles. The van der Waals surface area contributed by atoms with E-state index in [0.717, 1.165) is 6.42 Å². The van der Waals surface area contributed by atoms with Crippen molar-refractivity contribution in [2.45, 2.75) is 32.7 Å². The molecule has 1 unspecified atom stereocenters. The Balaban J connectivity index is 2.65. The molecule has 1 heterocycles. The normalized spacial score (nSPS) is 22.9. The van der Waals surface area contributed by atoms with E-state index in [2.05, 4.69) is 0 Å². The number of amides is 1. The van der Waals surface area contributed by atoms with Crippen molar-refractivity contribution >= 4 is 27.3 Å². The third-order valence-electron chi connectivity index (χ3n) is 3.02. The van der Waals surface area contributed by atoms with Crippen molar-refractivity contribution in [2.75, 3.05) is 23.9 Å². The zero-order valence-corrected chi connectivity index (χ0v) is 11.9. The SMILES string of the molecule is CC(C)N(CCCCl)C(=O)C1CCS(=O)(=O)C1. The maximum atomic E-state index is 12.2. The molecule has 0 saturated carbocycles. The van der Waals surface area contributed by atoms with Crippen LogP contribution in [0.25, 0.3) is 0 Å². The Morgan fingerprint density at radius 1 is 1.47 bits per heavy atom. The van der Waals surface area contributed by atoms with Gasteiger partial charge in [0, 0.05) is 18.5 Å². The van der Waals surface area contributed by atoms with Gasteiger partial charge in [-0.05, 0) is 26.7 Å². The van der Waals surface area contributed by atoms with Crippen molar-refractivity contribution in [1.82, 2.24) is 4.90 Å². The molecule has 4 nitrogen and oxygen atoms in total. The molecule has 1 aliphatic rings. The number of nitrogens with zero attached hydrogens (tertiary/aromatic N) is 1. The number of sulfone groups is 1. The van der Waals surface area contributed by atoms with E-state index in [4.69, 9.17) is 11.6 Å². The highest BCUT2D eigenvalue weighted by Crippen LogP contribution is 2.21. The molecule has 1 fully saturated rings. The fourth-order valence-electron chi connectivity index (χ4n) is 2.08. The van der Waals surface area contributed by atoms with Gasteiger partial charge in [-0.25, -0.2) is 8.42 Å². The Kier molecular flexibility index (Phi) is 5.25. The predicted octanol–water partition coefficient (Wildman–Crippen LogP) is 1.29. The van der Waals surface area contributed by atoms with Crippen LogP contribution >= 0.6 is 11.6 Å². The third kappa shape index (κ3) is 4.14. The summed E-state index contributed by atoms with van der Waals surface area (Å²) in [5, 5.41) is 0. The summed E-state index contributed by atoms with van der Waals surface area (Å²) < 4.78 is 22.7. The number of alkyl halides is 1. The molecule has 0 radical (unpaired) electrons. The number of rotatable bonds is 5. The van der Waals surface area contributed by atoms with E-state index in [1.807, 2.05) is 13.8 Å². The van der Waals surface area contributed by atoms with Crippen LogP contribution in [0.5, 0.6) is 0 Å². The fraction of sp³-hybridized carbons (Fsp3) is 0.909. The van der Waals surface area contributed by atoms with Crippen LogP contribution in [-0.4, -0.2) is 49.2 Å². The molecule has 1 rings (SSSR count). The second kappa shape index (κ2) is 6.05. The molecule has 100 valence electrons. The first-order valence-electron chi connectivity index (χ1n) is 5.94. The van der Waals surface area contributed by atoms with Crippen LogP contribution in [0.3, 0.4) is 0 Å². The van der Waals surface area contributed by atoms with Crippen LogP contribution in [0.1, 0.15) is 26.7 Å². The first-order valence-corrected chi connectivity index (χ1v) is 8.30. The molecule has 0 N–H and O–H groups in total. The van der Waals surface area contributed by atoms with E-state index in [0.29, 0.717) is 18.8 Å². The molecule has 0 spiro atoms. The van der Waals surface area contributed by atoms with Crippen molar-refractivity contribution in [2.24, 2.45) is 5.92 Å². The van der Waals surface area contributed by atoms with E-state index in [-0.39, 0.29) is 29.4 Å². The first-order chi connectivity index (χ1) is 7.87. The van der Waals surface area contributed by atoms with Gasteiger partial charge in [0.1, 0.15) is 0 Å². The Bertz CT molecular complexity index is 367. The van der Waals surface area contributed by atoms with Crippen LogP contribution in [0, 0.1) is 5.92 Å². The van der Waals surface area contributed by atoms with E-state index >= 15 is 0 Å². The minimum Gasteiger partial charge on any atom is -0.340 e. The molecule has 1 atom stereocenters. The Morgan fingerprint density at radius 3 is 2.53 bits per heavy atom. The van der Waals surface area contributed by atoms with Gasteiger partial charge in [0.15, 0.2) is 9.84 Å². The summed E-state index contributed by atoms with van der Waals surface area (Å²) in [6, 6.07) is 0.0917. The lowest BCUT2D eigenvalue weighted by Gasteiger charge is -2.28. The lowest BCUT2D eigenvalue weighted by Crippen LogP contribution is -2.42. The minimum atomic E-state index is -2.99. The van der Waals surface area contributed by atoms with E-state index in [1.165, 1.54) is 0 Å². The quantitative estimate of drug-likeness (QED) is 0.714. The largest absolute Gasteiger partial charge is 0.340 e. The molecule has 0 bridgehead atoms. The third-order valence-corrected chi connectivity index (χ3v) is 5.06. The van der Waals surface area contributed by atoms with Gasteiger partial charge in [0.05, 0.1) is 17.4 Å². The molecule has 1 aliphatic heterocycles. The van der Waals surface area contributed by atoms with Crippen LogP contribution in [-0.2, 0) is 14.6 Å². The van der Waals surface area contributed by atoms with Crippen LogP contribution in [0.4, 0.5) is 0 Å². The van der Waals surface area contributed by atoms with Gasteiger partial charge in [-0.2, -0.15) is 0 Å². The molecular formula is C11H20ClNO3S. The highest BCUT2D eigenvalue weighted by molar-refractivity contribution is 7.91. The van der Waals surface area contributed by atoms with Crippen molar-refractivity contribution in [1.29, 1.82) is 0 Å². The number of halogens is 1. The van der Waals surface area contributed by atoms with E-state index in [9.17, 15) is 13.2 Å². The topological polar surface area (TPSA) is 54.5 Å². The molecule has 1 amide bonds. The average Bonchev–Trinajstić information content (AvgIpc) is 2.58. The minimum absolute atomic E-state index is 0.00985. The standard InChI is InChI=1S/C11H20ClNO3S/c1-9(2)13(6-3-5-12)11(14)10-4-7-17(15,16)8-10/h9-10H,3-8H2,1-2H3. The van der Waals surface area contributed by atoms with Crippen LogP contribution in [0.2, 0.25) is 0 Å². The Morgan fingerprint density at radius 2 is 2.12 bits per heavy atom. The second-order valence-electron chi connectivity index (χ2n) is 4.77. The fourth-order valence-corrected chi connectivity index (χ4v) is 3.93. The van der Waals surface area contributed by atoms with Gasteiger partial charge in [0.25, 0.3) is 0 Å². The zero-order valence-electron chi connectivity index (χ0n) is 10.4. The lowest BCUT2D eigenvalue weighted by molar-refractivity contribution is -0.136. The highest BCUT2D eigenvalue weighted by Gasteiger charge is 2.35. The monoisotopic (exact) mass is 281 g/mol. The van der Waals surface area contributed by atoms with Crippen molar-refractivity contribution < 1.29 is 13.2 Å². The lowest BCUT2D eigenvalue weighted by atomic mass is 10.1. The molecule has 1 saturated heterocycles. The molecule has 6 heteroatoms. The second-order valence-corrected chi connectivity index (χ2v) is 7.37. The number of hydrogen-bond donors (Lipinski definition) is 0. The smallest absolute Gasteiger partial charge is 0.226 e. The van der Waals surface area contributed by atoms with E-state index in [1.54, 1.807) is 4.90 Å². The number of carbonyl (C=O) groups excluding carboxylic acids is 1. The predicted molar refractivity (Wildman–Crippen MR) is 68.9 cm³/mol. The van der Waals surface area contributed by atoms with Gasteiger partial charge in [-0.1, -0.05) is 0 Å². The summed E-state index contributed by atoms with van der Waals surface area (Å²) >= 11 is 5.63. The summed E-state index contributed by atoms with van der Waals surface area (Å²) in [6.07, 6.45) is 1.20. The van der Waals surface area contributed by atoms with Crippen molar-refractivity contribution in [3.8, 4) is 0 Å². The summed E-state index contributed by atoms with van der Waals surface area (Å²) in [7, 11) is -2.99. The van der Waals surface area contributed by atoms with Crippen LogP contribution in [0.15, 0.2) is 0 Å². The highest BCUT2D eigenvalue weighted by atomic mass is 35.5. The maximum Gasteiger partial charge on any atom is 0.226 e. The van der Waals surface area contributed by atoms with Gasteiger partial charge in [-0.15, -0.1) is 11.6 Å². The Hall–Kier alpha value is -0.290. The summed E-state index contributed by atoms with van der Waals surface area (Å²) in [6.45, 7) is 4.49. The number of carbonyl (C=O) groups is 1. The van der Waals surface area contributed by atoms with Gasteiger partial charge in [0.2, 0.25) is 5.91 Å². The zero-order chi connectivity index (χ0) is 13.1. The molecular weight excluding hydrogens is 262 g/mol. The summed E-state index contributed by atoms with van der Waals surface area (Å²) in [5.41, 5.74) is 0. The maximum absolute atomic E-state index is 12.2. The molecule has 0 aromatic carbocycles. The summed E-state index contributed by atoms with van der Waals surface area (Å²) in [5.74, 6) is 0.282. The van der Waals surface area contributed by atoms with Crippen molar-refractivity contribution in [3.05, 3.63) is 0 Å². The Labute approximate surface area is 108 Å². The van der Waals surface area contributed by atoms with Crippen molar-refractivity contribution in [3.63, 3.8) is 0 Å². The van der Waals surface area contributed by atoms with E-state index < -0.39 is 9.84 Å². The van der Waals surface area contributed by atoms with Gasteiger partial charge >= 0.3 is 0 Å². The van der Waals surface area contributed by atoms with Gasteiger partial charge in [-0.3, -0.25) is 4.79 Å². The molecule has 0 aliphatic carbocycles. The first kappa shape index (κ1) is 14.8. The average molecular weight is 282 g/mol. The van der Waals surface area contributed by atoms with Crippen LogP contribution < -0.4 is 0 Å².